The number of rotatable bonds is 4. The molecule has 0 saturated heterocycles. The number of Topliss-reactive ketones (excluding diaryl/α,β-unsaturated/α-hetero) is 1. The van der Waals surface area contributed by atoms with Crippen molar-refractivity contribution < 1.29 is 23.1 Å². The number of benzene rings is 1. The van der Waals surface area contributed by atoms with Crippen LogP contribution in [-0.2, 0) is 16.1 Å². The highest BCUT2D eigenvalue weighted by molar-refractivity contribution is 6.32. The number of allylic oxidation sites excluding steroid dienone is 3. The molecule has 0 amide bonds. The summed E-state index contributed by atoms with van der Waals surface area (Å²) in [5.74, 6) is 0.317. The largest absolute Gasteiger partial charge is 0.484 e. The monoisotopic (exact) mass is 442 g/mol. The summed E-state index contributed by atoms with van der Waals surface area (Å²) in [6.07, 6.45) is 0.869. The van der Waals surface area contributed by atoms with Gasteiger partial charge in [0.05, 0.1) is 10.9 Å². The number of halogens is 2. The molecule has 4 rings (SSSR count). The summed E-state index contributed by atoms with van der Waals surface area (Å²) in [4.78, 5) is 13.0. The fraction of sp³-hybridized carbons (Fsp3) is 0.304. The highest BCUT2D eigenvalue weighted by Gasteiger charge is 2.44. The van der Waals surface area contributed by atoms with Crippen LogP contribution in [0.3, 0.4) is 0 Å². The van der Waals surface area contributed by atoms with Gasteiger partial charge < -0.3 is 19.6 Å². The Kier molecular flexibility index (Phi) is 5.28. The van der Waals surface area contributed by atoms with E-state index in [1.807, 2.05) is 13.8 Å². The molecule has 0 spiro atoms. The average molecular weight is 443 g/mol. The summed E-state index contributed by atoms with van der Waals surface area (Å²) >= 11 is 5.98. The number of nitrogens with zero attached hydrogens (tertiary/aromatic N) is 1. The van der Waals surface area contributed by atoms with E-state index in [9.17, 15) is 14.4 Å². The van der Waals surface area contributed by atoms with E-state index in [-0.39, 0.29) is 34.3 Å². The maximum Gasteiger partial charge on any atom is 0.205 e. The second kappa shape index (κ2) is 7.78. The summed E-state index contributed by atoms with van der Waals surface area (Å²) in [5.41, 5.74) is 6.29. The van der Waals surface area contributed by atoms with Gasteiger partial charge >= 0.3 is 0 Å². The van der Waals surface area contributed by atoms with Crippen molar-refractivity contribution in [1.82, 2.24) is 0 Å². The molecule has 2 N–H and O–H groups in total. The Hall–Kier alpha value is -3.24. The van der Waals surface area contributed by atoms with Gasteiger partial charge in [0.25, 0.3) is 0 Å². The van der Waals surface area contributed by atoms with Crippen molar-refractivity contribution in [2.75, 3.05) is 0 Å². The van der Waals surface area contributed by atoms with Crippen LogP contribution in [0.15, 0.2) is 57.5 Å². The van der Waals surface area contributed by atoms with E-state index in [1.165, 1.54) is 12.1 Å². The Morgan fingerprint density at radius 3 is 2.81 bits per heavy atom. The summed E-state index contributed by atoms with van der Waals surface area (Å²) in [6.45, 7) is 3.99. The number of ketones is 1. The van der Waals surface area contributed by atoms with Gasteiger partial charge in [0, 0.05) is 18.4 Å². The van der Waals surface area contributed by atoms with Crippen molar-refractivity contribution in [3.8, 4) is 11.8 Å². The lowest BCUT2D eigenvalue weighted by Crippen LogP contribution is -2.33. The molecule has 1 aromatic heterocycles. The van der Waals surface area contributed by atoms with Crippen LogP contribution in [-0.4, -0.2) is 5.78 Å². The van der Waals surface area contributed by atoms with Crippen LogP contribution in [0, 0.1) is 22.6 Å². The normalized spacial score (nSPS) is 20.2. The SMILES string of the molecule is CC1(C)CC(=O)C2=C(C1)OC(N)=C(C#N)[C@H]2c1ccc(COc2ccc(F)cc2Cl)o1. The van der Waals surface area contributed by atoms with E-state index >= 15 is 0 Å². The molecule has 0 radical (unpaired) electrons. The lowest BCUT2D eigenvalue weighted by Gasteiger charge is -2.36. The number of nitriles is 1. The molecule has 0 bridgehead atoms. The summed E-state index contributed by atoms with van der Waals surface area (Å²) in [6, 6.07) is 9.25. The Bertz CT molecular complexity index is 1170. The molecule has 2 heterocycles. The highest BCUT2D eigenvalue weighted by Crippen LogP contribution is 2.48. The first-order chi connectivity index (χ1) is 14.7. The Labute approximate surface area is 183 Å². The van der Waals surface area contributed by atoms with Crippen LogP contribution in [0.4, 0.5) is 4.39 Å². The molecule has 8 heteroatoms. The molecule has 160 valence electrons. The molecule has 2 aliphatic rings. The van der Waals surface area contributed by atoms with Crippen LogP contribution < -0.4 is 10.5 Å². The van der Waals surface area contributed by atoms with E-state index in [1.54, 1.807) is 12.1 Å². The molecule has 6 nitrogen and oxygen atoms in total. The summed E-state index contributed by atoms with van der Waals surface area (Å²) in [5, 5.41) is 9.81. The molecule has 31 heavy (non-hydrogen) atoms. The van der Waals surface area contributed by atoms with Crippen molar-refractivity contribution in [3.05, 3.63) is 75.5 Å². The van der Waals surface area contributed by atoms with Crippen LogP contribution in [0.2, 0.25) is 5.02 Å². The number of ether oxygens (including phenoxy) is 2. The van der Waals surface area contributed by atoms with Gasteiger partial charge in [0.1, 0.15) is 47.1 Å². The zero-order valence-electron chi connectivity index (χ0n) is 17.0. The molecular weight excluding hydrogens is 423 g/mol. The number of hydrogen-bond acceptors (Lipinski definition) is 6. The summed E-state index contributed by atoms with van der Waals surface area (Å²) < 4.78 is 30.4. The maximum absolute atomic E-state index is 13.2. The molecule has 1 atom stereocenters. The third-order valence-corrected chi connectivity index (χ3v) is 5.60. The fourth-order valence-electron chi connectivity index (χ4n) is 3.94. The van der Waals surface area contributed by atoms with Gasteiger partial charge in [-0.15, -0.1) is 0 Å². The van der Waals surface area contributed by atoms with Crippen molar-refractivity contribution in [2.24, 2.45) is 11.1 Å². The molecule has 1 aliphatic heterocycles. The molecule has 0 fully saturated rings. The zero-order chi connectivity index (χ0) is 22.3. The van der Waals surface area contributed by atoms with Gasteiger partial charge in [-0.2, -0.15) is 5.26 Å². The molecule has 1 aromatic carbocycles. The first-order valence-corrected chi connectivity index (χ1v) is 10.1. The molecule has 1 aliphatic carbocycles. The summed E-state index contributed by atoms with van der Waals surface area (Å²) in [7, 11) is 0. The van der Waals surface area contributed by atoms with Gasteiger partial charge in [0.2, 0.25) is 5.88 Å². The number of carbonyl (C=O) groups is 1. The molecule has 0 saturated carbocycles. The van der Waals surface area contributed by atoms with Gasteiger partial charge in [-0.1, -0.05) is 25.4 Å². The van der Waals surface area contributed by atoms with E-state index in [0.29, 0.717) is 41.4 Å². The van der Waals surface area contributed by atoms with Crippen molar-refractivity contribution in [3.63, 3.8) is 0 Å². The predicted octanol–water partition coefficient (Wildman–Crippen LogP) is 5.10. The average Bonchev–Trinajstić information content (AvgIpc) is 3.14. The van der Waals surface area contributed by atoms with E-state index in [2.05, 4.69) is 6.07 Å². The van der Waals surface area contributed by atoms with Crippen molar-refractivity contribution >= 4 is 17.4 Å². The van der Waals surface area contributed by atoms with Gasteiger partial charge in [-0.25, -0.2) is 4.39 Å². The molecule has 0 unspecified atom stereocenters. The van der Waals surface area contributed by atoms with E-state index in [4.69, 9.17) is 31.2 Å². The minimum atomic E-state index is -0.736. The maximum atomic E-state index is 13.2. The number of furan rings is 1. The topological polar surface area (TPSA) is 98.5 Å². The standard InChI is InChI=1S/C23H20ClFN2O4/c1-23(2)8-16(28)21-19(9-23)31-22(27)14(10-26)20(21)18-6-4-13(30-18)11-29-17-5-3-12(25)7-15(17)24/h3-7,20H,8-9,11,27H2,1-2H3/t20-/m0/s1. The third kappa shape index (κ3) is 4.04. The minimum Gasteiger partial charge on any atom is -0.484 e. The van der Waals surface area contributed by atoms with Crippen molar-refractivity contribution in [2.45, 2.75) is 39.2 Å². The molecular formula is C23H20ClFN2O4. The predicted molar refractivity (Wildman–Crippen MR) is 110 cm³/mol. The lowest BCUT2D eigenvalue weighted by molar-refractivity contribution is -0.119. The van der Waals surface area contributed by atoms with Gasteiger partial charge in [0.15, 0.2) is 5.78 Å². The Morgan fingerprint density at radius 1 is 1.32 bits per heavy atom. The van der Waals surface area contributed by atoms with E-state index < -0.39 is 11.7 Å². The Morgan fingerprint density at radius 2 is 2.10 bits per heavy atom. The second-order valence-electron chi connectivity index (χ2n) is 8.37. The van der Waals surface area contributed by atoms with Gasteiger partial charge in [-0.05, 0) is 35.7 Å². The zero-order valence-corrected chi connectivity index (χ0v) is 17.8. The van der Waals surface area contributed by atoms with Crippen LogP contribution in [0.25, 0.3) is 0 Å². The number of nitrogens with two attached hydrogens (primary N) is 1. The Balaban J connectivity index is 1.63. The smallest absolute Gasteiger partial charge is 0.205 e. The fourth-order valence-corrected chi connectivity index (χ4v) is 4.16. The van der Waals surface area contributed by atoms with Gasteiger partial charge in [-0.3, -0.25) is 4.79 Å². The first kappa shape index (κ1) is 21.0. The number of hydrogen-bond donors (Lipinski definition) is 1. The number of carbonyl (C=O) groups excluding carboxylic acids is 1. The lowest BCUT2D eigenvalue weighted by atomic mass is 9.71. The minimum absolute atomic E-state index is 0.0240. The van der Waals surface area contributed by atoms with Crippen LogP contribution in [0.5, 0.6) is 5.75 Å². The van der Waals surface area contributed by atoms with E-state index in [0.717, 1.165) is 6.07 Å². The highest BCUT2D eigenvalue weighted by atomic mass is 35.5. The van der Waals surface area contributed by atoms with Crippen molar-refractivity contribution in [1.29, 1.82) is 5.26 Å². The molecule has 2 aromatic rings. The first-order valence-electron chi connectivity index (χ1n) is 9.69. The third-order valence-electron chi connectivity index (χ3n) is 5.31. The van der Waals surface area contributed by atoms with Crippen LogP contribution in [0.1, 0.15) is 44.1 Å². The second-order valence-corrected chi connectivity index (χ2v) is 8.78. The van der Waals surface area contributed by atoms with Crippen LogP contribution >= 0.6 is 11.6 Å². The quantitative estimate of drug-likeness (QED) is 0.707.